The van der Waals surface area contributed by atoms with Crippen molar-refractivity contribution in [2.75, 3.05) is 13.7 Å². The van der Waals surface area contributed by atoms with E-state index in [9.17, 15) is 14.4 Å². The van der Waals surface area contributed by atoms with Gasteiger partial charge < -0.3 is 14.6 Å². The largest absolute Gasteiger partial charge is 0.468 e. The molecule has 2 aromatic rings. The number of esters is 1. The minimum absolute atomic E-state index is 0.116. The van der Waals surface area contributed by atoms with Crippen LogP contribution in [0.15, 0.2) is 36.3 Å². The van der Waals surface area contributed by atoms with Gasteiger partial charge in [0.2, 0.25) is 0 Å². The summed E-state index contributed by atoms with van der Waals surface area (Å²) < 4.78 is 6.51. The van der Waals surface area contributed by atoms with Crippen molar-refractivity contribution in [2.24, 2.45) is 0 Å². The molecule has 3 heterocycles. The van der Waals surface area contributed by atoms with E-state index in [1.807, 2.05) is 36.6 Å². The molecule has 1 N–H and O–H groups in total. The predicted octanol–water partition coefficient (Wildman–Crippen LogP) is 1.55. The molecule has 3 rings (SSSR count). The highest BCUT2D eigenvalue weighted by Gasteiger charge is 2.35. The first-order valence-corrected chi connectivity index (χ1v) is 7.93. The van der Waals surface area contributed by atoms with Crippen molar-refractivity contribution in [1.82, 2.24) is 19.8 Å². The number of imide groups is 1. The van der Waals surface area contributed by atoms with Crippen LogP contribution in [-0.2, 0) is 14.3 Å². The van der Waals surface area contributed by atoms with Crippen molar-refractivity contribution >= 4 is 24.0 Å². The molecule has 1 aliphatic heterocycles. The number of methoxy groups -OCH3 is 1. The summed E-state index contributed by atoms with van der Waals surface area (Å²) in [5.74, 6) is -1.23. The fourth-order valence-corrected chi connectivity index (χ4v) is 2.88. The Kier molecular flexibility index (Phi) is 4.57. The van der Waals surface area contributed by atoms with Gasteiger partial charge in [-0.2, -0.15) is 0 Å². The summed E-state index contributed by atoms with van der Waals surface area (Å²) in [6, 6.07) is 5.05. The Labute approximate surface area is 150 Å². The molecule has 0 radical (unpaired) electrons. The maximum atomic E-state index is 12.4. The number of carbonyl (C=O) groups excluding carboxylic acids is 3. The van der Waals surface area contributed by atoms with Crippen LogP contribution in [0, 0.1) is 13.8 Å². The Morgan fingerprint density at radius 2 is 2.12 bits per heavy atom. The van der Waals surface area contributed by atoms with Crippen molar-refractivity contribution in [3.63, 3.8) is 0 Å². The SMILES string of the molecule is COC(=O)CN1C(=O)NC(=Cc2cc(C)n(-c3cccnc3)c2C)C1=O. The zero-order valence-corrected chi connectivity index (χ0v) is 14.6. The van der Waals surface area contributed by atoms with Crippen molar-refractivity contribution in [3.05, 3.63) is 53.2 Å². The normalized spacial score (nSPS) is 15.5. The lowest BCUT2D eigenvalue weighted by Gasteiger charge is -2.09. The van der Waals surface area contributed by atoms with Gasteiger partial charge in [0.05, 0.1) is 19.0 Å². The van der Waals surface area contributed by atoms with Gasteiger partial charge in [0.1, 0.15) is 12.2 Å². The number of amides is 3. The molecule has 0 spiro atoms. The number of urea groups is 1. The number of aryl methyl sites for hydroxylation is 1. The number of hydrogen-bond donors (Lipinski definition) is 1. The Balaban J connectivity index is 1.93. The molecule has 0 atom stereocenters. The summed E-state index contributed by atoms with van der Waals surface area (Å²) in [5.41, 5.74) is 3.67. The molecule has 8 heteroatoms. The van der Waals surface area contributed by atoms with E-state index in [0.29, 0.717) is 0 Å². The Morgan fingerprint density at radius 1 is 1.35 bits per heavy atom. The van der Waals surface area contributed by atoms with Crippen LogP contribution in [0.3, 0.4) is 0 Å². The van der Waals surface area contributed by atoms with Crippen molar-refractivity contribution in [1.29, 1.82) is 0 Å². The van der Waals surface area contributed by atoms with E-state index < -0.39 is 24.5 Å². The lowest BCUT2D eigenvalue weighted by atomic mass is 10.2. The standard InChI is InChI=1S/C18H18N4O4/c1-11-7-13(12(2)22(11)14-5-4-6-19-9-14)8-15-17(24)21(18(25)20-15)10-16(23)26-3/h4-9H,10H2,1-3H3,(H,20,25). The average Bonchev–Trinajstić information content (AvgIpc) is 3.05. The van der Waals surface area contributed by atoms with Gasteiger partial charge in [-0.25, -0.2) is 9.69 Å². The van der Waals surface area contributed by atoms with Crippen molar-refractivity contribution in [3.8, 4) is 5.69 Å². The quantitative estimate of drug-likeness (QED) is 0.511. The van der Waals surface area contributed by atoms with E-state index in [1.54, 1.807) is 18.5 Å². The topological polar surface area (TPSA) is 93.5 Å². The van der Waals surface area contributed by atoms with Crippen LogP contribution in [0.4, 0.5) is 4.79 Å². The molecule has 1 saturated heterocycles. The molecule has 134 valence electrons. The number of aromatic nitrogens is 2. The maximum absolute atomic E-state index is 12.4. The fraction of sp³-hybridized carbons (Fsp3) is 0.222. The Hall–Kier alpha value is -3.42. The molecular formula is C18H18N4O4. The van der Waals surface area contributed by atoms with Gasteiger partial charge in [0.25, 0.3) is 5.91 Å². The molecule has 0 saturated carbocycles. The number of nitrogens with zero attached hydrogens (tertiary/aromatic N) is 3. The lowest BCUT2D eigenvalue weighted by Crippen LogP contribution is -2.36. The van der Waals surface area contributed by atoms with Gasteiger partial charge in [-0.15, -0.1) is 0 Å². The van der Waals surface area contributed by atoms with E-state index >= 15 is 0 Å². The van der Waals surface area contributed by atoms with Gasteiger partial charge in [0.15, 0.2) is 0 Å². The van der Waals surface area contributed by atoms with Gasteiger partial charge in [-0.05, 0) is 43.7 Å². The molecule has 3 amide bonds. The zero-order chi connectivity index (χ0) is 18.8. The van der Waals surface area contributed by atoms with Crippen LogP contribution in [0.2, 0.25) is 0 Å². The number of pyridine rings is 1. The number of nitrogens with one attached hydrogen (secondary N) is 1. The molecular weight excluding hydrogens is 336 g/mol. The summed E-state index contributed by atoms with van der Waals surface area (Å²) in [6.07, 6.45) is 5.05. The smallest absolute Gasteiger partial charge is 0.329 e. The Morgan fingerprint density at radius 3 is 2.77 bits per heavy atom. The third kappa shape index (κ3) is 3.08. The van der Waals surface area contributed by atoms with Crippen LogP contribution < -0.4 is 5.32 Å². The number of carbonyl (C=O) groups is 3. The summed E-state index contributed by atoms with van der Waals surface area (Å²) in [4.78, 5) is 40.6. The van der Waals surface area contributed by atoms with Crippen LogP contribution >= 0.6 is 0 Å². The third-order valence-electron chi connectivity index (χ3n) is 4.15. The first-order chi connectivity index (χ1) is 12.4. The second-order valence-electron chi connectivity index (χ2n) is 5.83. The van der Waals surface area contributed by atoms with E-state index in [2.05, 4.69) is 15.0 Å². The van der Waals surface area contributed by atoms with Gasteiger partial charge in [-0.1, -0.05) is 0 Å². The summed E-state index contributed by atoms with van der Waals surface area (Å²) in [7, 11) is 1.20. The molecule has 0 unspecified atom stereocenters. The van der Waals surface area contributed by atoms with Crippen molar-refractivity contribution in [2.45, 2.75) is 13.8 Å². The molecule has 8 nitrogen and oxygen atoms in total. The molecule has 0 aromatic carbocycles. The van der Waals surface area contributed by atoms with Gasteiger partial charge in [-0.3, -0.25) is 14.6 Å². The van der Waals surface area contributed by atoms with E-state index in [0.717, 1.165) is 27.5 Å². The molecule has 1 aliphatic rings. The molecule has 0 bridgehead atoms. The molecule has 2 aromatic heterocycles. The highest BCUT2D eigenvalue weighted by molar-refractivity contribution is 6.15. The van der Waals surface area contributed by atoms with E-state index in [1.165, 1.54) is 7.11 Å². The first kappa shape index (κ1) is 17.4. The second kappa shape index (κ2) is 6.83. The van der Waals surface area contributed by atoms with Gasteiger partial charge >= 0.3 is 12.0 Å². The Bertz CT molecular complexity index is 915. The monoisotopic (exact) mass is 354 g/mol. The summed E-state index contributed by atoms with van der Waals surface area (Å²) in [5, 5.41) is 2.50. The first-order valence-electron chi connectivity index (χ1n) is 7.93. The summed E-state index contributed by atoms with van der Waals surface area (Å²) >= 11 is 0. The summed E-state index contributed by atoms with van der Waals surface area (Å²) in [6.45, 7) is 3.44. The molecule has 1 fully saturated rings. The highest BCUT2D eigenvalue weighted by Crippen LogP contribution is 2.23. The third-order valence-corrected chi connectivity index (χ3v) is 4.15. The van der Waals surface area contributed by atoms with E-state index in [-0.39, 0.29) is 5.70 Å². The average molecular weight is 354 g/mol. The van der Waals surface area contributed by atoms with E-state index in [4.69, 9.17) is 0 Å². The minimum Gasteiger partial charge on any atom is -0.468 e. The minimum atomic E-state index is -0.662. The lowest BCUT2D eigenvalue weighted by molar-refractivity contribution is -0.143. The predicted molar refractivity (Wildman–Crippen MR) is 93.3 cm³/mol. The molecule has 0 aliphatic carbocycles. The van der Waals surface area contributed by atoms with Crippen LogP contribution in [0.25, 0.3) is 11.8 Å². The highest BCUT2D eigenvalue weighted by atomic mass is 16.5. The van der Waals surface area contributed by atoms with Crippen LogP contribution in [-0.4, -0.2) is 46.0 Å². The maximum Gasteiger partial charge on any atom is 0.329 e. The molecule has 26 heavy (non-hydrogen) atoms. The number of hydrogen-bond acceptors (Lipinski definition) is 5. The van der Waals surface area contributed by atoms with Crippen LogP contribution in [0.1, 0.15) is 17.0 Å². The number of rotatable bonds is 4. The second-order valence-corrected chi connectivity index (χ2v) is 5.83. The zero-order valence-electron chi connectivity index (χ0n) is 14.6. The van der Waals surface area contributed by atoms with Crippen LogP contribution in [0.5, 0.6) is 0 Å². The van der Waals surface area contributed by atoms with Gasteiger partial charge in [0, 0.05) is 17.6 Å². The van der Waals surface area contributed by atoms with Crippen molar-refractivity contribution < 1.29 is 19.1 Å². The number of ether oxygens (including phenoxy) is 1. The fourth-order valence-electron chi connectivity index (χ4n) is 2.88.